The van der Waals surface area contributed by atoms with Gasteiger partial charge >= 0.3 is 5.97 Å². The molecule has 1 aliphatic heterocycles. The highest BCUT2D eigenvalue weighted by molar-refractivity contribution is 8.16. The summed E-state index contributed by atoms with van der Waals surface area (Å²) in [5, 5.41) is 2.28. The fourth-order valence-corrected chi connectivity index (χ4v) is 1.98. The van der Waals surface area contributed by atoms with Crippen LogP contribution in [0.4, 0.5) is 0 Å². The second-order valence-electron chi connectivity index (χ2n) is 3.59. The number of nitrogens with zero attached hydrogens (tertiary/aromatic N) is 2. The average molecular weight is 292 g/mol. The molecule has 6 heteroatoms. The number of rotatable bonds is 6. The third-order valence-electron chi connectivity index (χ3n) is 2.24. The average Bonchev–Trinajstić information content (AvgIpc) is 2.69. The molecule has 106 valence electrons. The van der Waals surface area contributed by atoms with E-state index in [9.17, 15) is 9.59 Å². The first-order valence-corrected chi connectivity index (χ1v) is 6.95. The smallest absolute Gasteiger partial charge is 0.327 e. The number of thioether (sulfide) groups is 1. The lowest BCUT2D eigenvalue weighted by molar-refractivity contribution is -0.141. The predicted molar refractivity (Wildman–Crippen MR) is 82.3 cm³/mol. The number of aliphatic imine (C=N–C) groups is 2. The first-order chi connectivity index (χ1) is 9.71. The van der Waals surface area contributed by atoms with Crippen molar-refractivity contribution in [3.05, 3.63) is 35.8 Å². The van der Waals surface area contributed by atoms with Gasteiger partial charge in [0.2, 0.25) is 0 Å². The zero-order chi connectivity index (χ0) is 14.8. The van der Waals surface area contributed by atoms with Crippen LogP contribution in [-0.2, 0) is 14.3 Å². The summed E-state index contributed by atoms with van der Waals surface area (Å²) in [7, 11) is 0. The Morgan fingerprint density at radius 3 is 3.05 bits per heavy atom. The Balaban J connectivity index is 2.83. The van der Waals surface area contributed by atoms with Gasteiger partial charge in [-0.1, -0.05) is 30.5 Å². The Morgan fingerprint density at radius 2 is 2.40 bits per heavy atom. The van der Waals surface area contributed by atoms with E-state index in [0.717, 1.165) is 5.57 Å². The number of hydrogen-bond acceptors (Lipinski definition) is 6. The van der Waals surface area contributed by atoms with Crippen LogP contribution in [0.5, 0.6) is 0 Å². The molecule has 0 aromatic rings. The van der Waals surface area contributed by atoms with E-state index in [2.05, 4.69) is 16.6 Å². The highest BCUT2D eigenvalue weighted by Gasteiger charge is 2.08. The van der Waals surface area contributed by atoms with Gasteiger partial charge in [0.15, 0.2) is 6.29 Å². The minimum atomic E-state index is -0.377. The fourth-order valence-electron chi connectivity index (χ4n) is 1.40. The largest absolute Gasteiger partial charge is 0.465 e. The van der Waals surface area contributed by atoms with Crippen molar-refractivity contribution in [1.29, 1.82) is 0 Å². The Kier molecular flexibility index (Phi) is 7.27. The molecule has 0 bridgehead atoms. The summed E-state index contributed by atoms with van der Waals surface area (Å²) >= 11 is 1.31. The summed E-state index contributed by atoms with van der Waals surface area (Å²) < 4.78 is 4.83. The van der Waals surface area contributed by atoms with E-state index in [4.69, 9.17) is 4.74 Å². The molecule has 0 saturated heterocycles. The number of carbonyl (C=O) groups excluding carboxylic acids is 2. The molecule has 0 atom stereocenters. The summed E-state index contributed by atoms with van der Waals surface area (Å²) in [6.45, 7) is 6.07. The van der Waals surface area contributed by atoms with E-state index in [1.54, 1.807) is 24.5 Å². The molecule has 0 fully saturated rings. The molecule has 5 nitrogen and oxygen atoms in total. The third kappa shape index (κ3) is 5.36. The van der Waals surface area contributed by atoms with E-state index in [1.807, 2.05) is 6.08 Å². The fraction of sp³-hybridized carbons (Fsp3) is 0.286. The second-order valence-corrected chi connectivity index (χ2v) is 4.54. The van der Waals surface area contributed by atoms with E-state index in [1.165, 1.54) is 11.8 Å². The van der Waals surface area contributed by atoms with Crippen LogP contribution in [0.1, 0.15) is 6.92 Å². The van der Waals surface area contributed by atoms with Crippen molar-refractivity contribution in [1.82, 2.24) is 0 Å². The van der Waals surface area contributed by atoms with E-state index in [-0.39, 0.29) is 12.5 Å². The van der Waals surface area contributed by atoms with Crippen LogP contribution in [0, 0.1) is 0 Å². The third-order valence-corrected chi connectivity index (χ3v) is 2.99. The van der Waals surface area contributed by atoms with Gasteiger partial charge in [-0.25, -0.2) is 0 Å². The van der Waals surface area contributed by atoms with Crippen molar-refractivity contribution >= 4 is 34.8 Å². The molecule has 0 amide bonds. The van der Waals surface area contributed by atoms with E-state index >= 15 is 0 Å². The zero-order valence-electron chi connectivity index (χ0n) is 11.2. The Hall–Kier alpha value is -1.95. The maximum Gasteiger partial charge on any atom is 0.327 e. The zero-order valence-corrected chi connectivity index (χ0v) is 12.1. The number of allylic oxidation sites excluding steroid dienone is 2. The van der Waals surface area contributed by atoms with Gasteiger partial charge in [-0.2, -0.15) is 0 Å². The molecule has 0 aromatic carbocycles. The molecular formula is C14H16N2O3S. The van der Waals surface area contributed by atoms with Gasteiger partial charge in [-0.05, 0) is 18.4 Å². The van der Waals surface area contributed by atoms with Crippen LogP contribution in [0.25, 0.3) is 0 Å². The van der Waals surface area contributed by atoms with Crippen molar-refractivity contribution in [2.45, 2.75) is 6.92 Å². The first-order valence-electron chi connectivity index (χ1n) is 6.07. The standard InChI is InChI=1S/C14H16N2O3S/c1-3-19-13(18)9-16-14(20-4-2)11-5-6-12(10-17)15-8-7-11/h4-7,10H,2-3,8-9H2,1H3. The summed E-state index contributed by atoms with van der Waals surface area (Å²) in [5.41, 5.74) is 1.18. The SMILES string of the molecule is C=CSC(=NCC(=O)OCC)C1=CCN=C(C=O)C=C1. The topological polar surface area (TPSA) is 68.1 Å². The molecule has 20 heavy (non-hydrogen) atoms. The van der Waals surface area contributed by atoms with Gasteiger partial charge < -0.3 is 4.74 Å². The minimum absolute atomic E-state index is 0.0451. The maximum absolute atomic E-state index is 11.3. The van der Waals surface area contributed by atoms with Gasteiger partial charge in [0, 0.05) is 5.57 Å². The predicted octanol–water partition coefficient (Wildman–Crippen LogP) is 1.96. The van der Waals surface area contributed by atoms with Crippen molar-refractivity contribution in [2.75, 3.05) is 19.7 Å². The van der Waals surface area contributed by atoms with Gasteiger partial charge in [0.25, 0.3) is 0 Å². The second kappa shape index (κ2) is 9.03. The Morgan fingerprint density at radius 1 is 1.60 bits per heavy atom. The molecule has 0 unspecified atom stereocenters. The minimum Gasteiger partial charge on any atom is -0.465 e. The number of aldehydes is 1. The van der Waals surface area contributed by atoms with Crippen LogP contribution in [0.3, 0.4) is 0 Å². The molecule has 1 rings (SSSR count). The molecule has 0 saturated carbocycles. The molecule has 0 radical (unpaired) electrons. The Bertz CT molecular complexity index is 505. The molecule has 1 heterocycles. The first kappa shape index (κ1) is 16.1. The maximum atomic E-state index is 11.3. The van der Waals surface area contributed by atoms with E-state index < -0.39 is 0 Å². The summed E-state index contributed by atoms with van der Waals surface area (Å²) in [5.74, 6) is -0.377. The summed E-state index contributed by atoms with van der Waals surface area (Å²) in [4.78, 5) is 30.3. The highest BCUT2D eigenvalue weighted by atomic mass is 32.2. The van der Waals surface area contributed by atoms with Gasteiger partial charge in [-0.3, -0.25) is 19.6 Å². The highest BCUT2D eigenvalue weighted by Crippen LogP contribution is 2.16. The number of hydrogen-bond donors (Lipinski definition) is 0. The Labute approximate surface area is 122 Å². The lowest BCUT2D eigenvalue weighted by Crippen LogP contribution is -2.09. The lowest BCUT2D eigenvalue weighted by atomic mass is 10.2. The quantitative estimate of drug-likeness (QED) is 0.325. The van der Waals surface area contributed by atoms with Crippen LogP contribution < -0.4 is 0 Å². The van der Waals surface area contributed by atoms with Crippen molar-refractivity contribution in [3.8, 4) is 0 Å². The molecule has 0 aromatic heterocycles. The van der Waals surface area contributed by atoms with Gasteiger partial charge in [-0.15, -0.1) is 0 Å². The molecule has 0 N–H and O–H groups in total. The number of carbonyl (C=O) groups is 2. The number of esters is 1. The van der Waals surface area contributed by atoms with Gasteiger partial charge in [0.05, 0.1) is 18.9 Å². The monoisotopic (exact) mass is 292 g/mol. The van der Waals surface area contributed by atoms with Crippen molar-refractivity contribution in [3.63, 3.8) is 0 Å². The lowest BCUT2D eigenvalue weighted by Gasteiger charge is -2.04. The van der Waals surface area contributed by atoms with Crippen LogP contribution in [0.15, 0.2) is 45.8 Å². The molecule has 1 aliphatic rings. The van der Waals surface area contributed by atoms with Crippen LogP contribution >= 0.6 is 11.8 Å². The van der Waals surface area contributed by atoms with E-state index in [0.29, 0.717) is 30.2 Å². The normalized spacial score (nSPS) is 14.9. The van der Waals surface area contributed by atoms with Crippen LogP contribution in [0.2, 0.25) is 0 Å². The molecule has 0 spiro atoms. The number of ether oxygens (including phenoxy) is 1. The molecule has 0 aliphatic carbocycles. The van der Waals surface area contributed by atoms with Gasteiger partial charge in [0.1, 0.15) is 11.6 Å². The van der Waals surface area contributed by atoms with Crippen molar-refractivity contribution in [2.24, 2.45) is 9.98 Å². The molecular weight excluding hydrogens is 276 g/mol. The summed E-state index contributed by atoms with van der Waals surface area (Å²) in [6, 6.07) is 0. The van der Waals surface area contributed by atoms with Crippen LogP contribution in [-0.4, -0.2) is 42.7 Å². The van der Waals surface area contributed by atoms with Crippen molar-refractivity contribution < 1.29 is 14.3 Å². The summed E-state index contributed by atoms with van der Waals surface area (Å²) in [6.07, 6.45) is 5.91.